The van der Waals surface area contributed by atoms with Crippen LogP contribution in [0.1, 0.15) is 12.5 Å². The molecule has 1 aromatic carbocycles. The standard InChI is InChI=1S/C14H16N2O3/c1-9(14(18)19)13(17)15-7-10-8-16(2)12-6-4-3-5-11(10)12/h3-6,8-9H,7H2,1-2H3,(H,15,17)(H,18,19). The zero-order valence-corrected chi connectivity index (χ0v) is 10.9. The van der Waals surface area contributed by atoms with E-state index in [-0.39, 0.29) is 0 Å². The quantitative estimate of drug-likeness (QED) is 0.819. The van der Waals surface area contributed by atoms with Gasteiger partial charge in [0.15, 0.2) is 0 Å². The molecule has 19 heavy (non-hydrogen) atoms. The van der Waals surface area contributed by atoms with E-state index >= 15 is 0 Å². The Kier molecular flexibility index (Phi) is 3.55. The number of nitrogens with one attached hydrogen (secondary N) is 1. The molecule has 1 amide bonds. The van der Waals surface area contributed by atoms with Crippen molar-refractivity contribution in [2.45, 2.75) is 13.5 Å². The molecule has 0 aliphatic heterocycles. The van der Waals surface area contributed by atoms with Crippen molar-refractivity contribution in [1.29, 1.82) is 0 Å². The number of hydrogen-bond donors (Lipinski definition) is 2. The van der Waals surface area contributed by atoms with Crippen molar-refractivity contribution in [2.24, 2.45) is 13.0 Å². The second-order valence-electron chi connectivity index (χ2n) is 4.56. The van der Waals surface area contributed by atoms with Gasteiger partial charge in [-0.15, -0.1) is 0 Å². The lowest BCUT2D eigenvalue weighted by atomic mass is 10.1. The smallest absolute Gasteiger partial charge is 0.315 e. The van der Waals surface area contributed by atoms with Gasteiger partial charge >= 0.3 is 5.97 Å². The predicted octanol–water partition coefficient (Wildman–Crippen LogP) is 1.52. The highest BCUT2D eigenvalue weighted by Crippen LogP contribution is 2.20. The lowest BCUT2D eigenvalue weighted by Crippen LogP contribution is -2.33. The number of carbonyl (C=O) groups excluding carboxylic acids is 1. The van der Waals surface area contributed by atoms with Gasteiger partial charge < -0.3 is 15.0 Å². The Labute approximate surface area is 110 Å². The van der Waals surface area contributed by atoms with E-state index in [2.05, 4.69) is 5.32 Å². The maximum atomic E-state index is 11.6. The number of hydrogen-bond acceptors (Lipinski definition) is 2. The predicted molar refractivity (Wildman–Crippen MR) is 71.6 cm³/mol. The summed E-state index contributed by atoms with van der Waals surface area (Å²) in [7, 11) is 1.94. The highest BCUT2D eigenvalue weighted by atomic mass is 16.4. The number of benzene rings is 1. The Balaban J connectivity index is 2.15. The van der Waals surface area contributed by atoms with Crippen LogP contribution in [0, 0.1) is 5.92 Å². The van der Waals surface area contributed by atoms with Crippen molar-refractivity contribution in [3.8, 4) is 0 Å². The van der Waals surface area contributed by atoms with Crippen molar-refractivity contribution >= 4 is 22.8 Å². The Morgan fingerprint density at radius 1 is 1.37 bits per heavy atom. The zero-order chi connectivity index (χ0) is 14.0. The van der Waals surface area contributed by atoms with Gasteiger partial charge in [-0.3, -0.25) is 9.59 Å². The highest BCUT2D eigenvalue weighted by Gasteiger charge is 2.20. The fourth-order valence-electron chi connectivity index (χ4n) is 2.01. The van der Waals surface area contributed by atoms with E-state index in [1.807, 2.05) is 42.1 Å². The molecule has 0 saturated carbocycles. The van der Waals surface area contributed by atoms with Crippen LogP contribution in [0.15, 0.2) is 30.5 Å². The van der Waals surface area contributed by atoms with E-state index in [1.54, 1.807) is 0 Å². The first kappa shape index (κ1) is 13.1. The first-order valence-corrected chi connectivity index (χ1v) is 6.04. The van der Waals surface area contributed by atoms with Gasteiger partial charge in [-0.05, 0) is 18.6 Å². The van der Waals surface area contributed by atoms with Crippen LogP contribution >= 0.6 is 0 Å². The molecule has 1 aromatic heterocycles. The fourth-order valence-corrected chi connectivity index (χ4v) is 2.01. The second-order valence-corrected chi connectivity index (χ2v) is 4.56. The fraction of sp³-hybridized carbons (Fsp3) is 0.286. The van der Waals surface area contributed by atoms with Gasteiger partial charge in [-0.25, -0.2) is 0 Å². The van der Waals surface area contributed by atoms with E-state index in [1.165, 1.54) is 6.92 Å². The number of aliphatic carboxylic acids is 1. The van der Waals surface area contributed by atoms with Gasteiger partial charge in [-0.2, -0.15) is 0 Å². The maximum Gasteiger partial charge on any atom is 0.315 e. The largest absolute Gasteiger partial charge is 0.481 e. The third-order valence-corrected chi connectivity index (χ3v) is 3.20. The topological polar surface area (TPSA) is 71.3 Å². The summed E-state index contributed by atoms with van der Waals surface area (Å²) < 4.78 is 1.98. The number of rotatable bonds is 4. The molecule has 1 atom stereocenters. The van der Waals surface area contributed by atoms with Gasteiger partial charge in [0.2, 0.25) is 5.91 Å². The van der Waals surface area contributed by atoms with Crippen LogP contribution in [0.25, 0.3) is 10.9 Å². The Bertz CT molecular complexity index is 631. The molecule has 0 spiro atoms. The molecule has 2 N–H and O–H groups in total. The summed E-state index contributed by atoms with van der Waals surface area (Å²) in [6.07, 6.45) is 1.94. The summed E-state index contributed by atoms with van der Waals surface area (Å²) in [6, 6.07) is 7.88. The van der Waals surface area contributed by atoms with Crippen LogP contribution < -0.4 is 5.32 Å². The van der Waals surface area contributed by atoms with Crippen molar-refractivity contribution < 1.29 is 14.7 Å². The summed E-state index contributed by atoms with van der Waals surface area (Å²) in [5.41, 5.74) is 2.06. The summed E-state index contributed by atoms with van der Waals surface area (Å²) in [5.74, 6) is -2.62. The lowest BCUT2D eigenvalue weighted by molar-refractivity contribution is -0.146. The SMILES string of the molecule is CC(C(=O)O)C(=O)NCc1cn(C)c2ccccc12. The van der Waals surface area contributed by atoms with Crippen molar-refractivity contribution in [3.05, 3.63) is 36.0 Å². The van der Waals surface area contributed by atoms with Crippen molar-refractivity contribution in [3.63, 3.8) is 0 Å². The molecule has 0 bridgehead atoms. The summed E-state index contributed by atoms with van der Waals surface area (Å²) in [4.78, 5) is 22.3. The third-order valence-electron chi connectivity index (χ3n) is 3.20. The van der Waals surface area contributed by atoms with Crippen molar-refractivity contribution in [2.75, 3.05) is 0 Å². The van der Waals surface area contributed by atoms with Crippen LogP contribution in [0.2, 0.25) is 0 Å². The molecule has 5 nitrogen and oxygen atoms in total. The summed E-state index contributed by atoms with van der Waals surface area (Å²) in [5, 5.41) is 12.5. The number of carboxylic acid groups (broad SMARTS) is 1. The molecule has 0 fully saturated rings. The van der Waals surface area contributed by atoms with Crippen LogP contribution in [-0.2, 0) is 23.2 Å². The van der Waals surface area contributed by atoms with E-state index in [4.69, 9.17) is 5.11 Å². The molecular weight excluding hydrogens is 244 g/mol. The minimum Gasteiger partial charge on any atom is -0.481 e. The molecule has 100 valence electrons. The molecule has 0 saturated heterocycles. The Morgan fingerprint density at radius 3 is 2.74 bits per heavy atom. The monoisotopic (exact) mass is 260 g/mol. The lowest BCUT2D eigenvalue weighted by Gasteiger charge is -2.07. The van der Waals surface area contributed by atoms with E-state index in [0.29, 0.717) is 6.54 Å². The molecule has 5 heteroatoms. The Hall–Kier alpha value is -2.30. The van der Waals surface area contributed by atoms with E-state index in [9.17, 15) is 9.59 Å². The molecule has 0 radical (unpaired) electrons. The van der Waals surface area contributed by atoms with E-state index in [0.717, 1.165) is 16.5 Å². The normalized spacial score (nSPS) is 12.3. The molecule has 0 aliphatic rings. The van der Waals surface area contributed by atoms with Crippen LogP contribution in [-0.4, -0.2) is 21.6 Å². The Morgan fingerprint density at radius 2 is 2.05 bits per heavy atom. The average molecular weight is 260 g/mol. The number of aromatic nitrogens is 1. The number of carboxylic acids is 1. The van der Waals surface area contributed by atoms with Gasteiger partial charge in [0.1, 0.15) is 5.92 Å². The van der Waals surface area contributed by atoms with Gasteiger partial charge in [-0.1, -0.05) is 18.2 Å². The van der Waals surface area contributed by atoms with Crippen LogP contribution in [0.4, 0.5) is 0 Å². The minimum absolute atomic E-state index is 0.331. The molecule has 1 unspecified atom stereocenters. The highest BCUT2D eigenvalue weighted by molar-refractivity contribution is 5.96. The molecule has 2 aromatic rings. The summed E-state index contributed by atoms with van der Waals surface area (Å²) in [6.45, 7) is 1.71. The van der Waals surface area contributed by atoms with E-state index < -0.39 is 17.8 Å². The number of aryl methyl sites for hydroxylation is 1. The first-order valence-electron chi connectivity index (χ1n) is 6.04. The molecule has 1 heterocycles. The summed E-state index contributed by atoms with van der Waals surface area (Å²) >= 11 is 0. The van der Waals surface area contributed by atoms with Gasteiger partial charge in [0, 0.05) is 30.7 Å². The zero-order valence-electron chi connectivity index (χ0n) is 10.9. The third kappa shape index (κ3) is 2.59. The average Bonchev–Trinajstić information content (AvgIpc) is 2.72. The maximum absolute atomic E-state index is 11.6. The first-order chi connectivity index (χ1) is 9.00. The number of fused-ring (bicyclic) bond motifs is 1. The van der Waals surface area contributed by atoms with Gasteiger partial charge in [0.05, 0.1) is 0 Å². The molecule has 2 rings (SSSR count). The van der Waals surface area contributed by atoms with Crippen LogP contribution in [0.3, 0.4) is 0 Å². The molecular formula is C14H16N2O3. The molecule has 0 aliphatic carbocycles. The number of carbonyl (C=O) groups is 2. The van der Waals surface area contributed by atoms with Crippen LogP contribution in [0.5, 0.6) is 0 Å². The minimum atomic E-state index is -1.12. The number of nitrogens with zero attached hydrogens (tertiary/aromatic N) is 1. The van der Waals surface area contributed by atoms with Crippen molar-refractivity contribution in [1.82, 2.24) is 9.88 Å². The number of para-hydroxylation sites is 1. The van der Waals surface area contributed by atoms with Gasteiger partial charge in [0.25, 0.3) is 0 Å². The number of amides is 1. The second kappa shape index (κ2) is 5.14.